The van der Waals surface area contributed by atoms with E-state index < -0.39 is 0 Å². The Kier molecular flexibility index (Phi) is 5.22. The van der Waals surface area contributed by atoms with Gasteiger partial charge in [-0.15, -0.1) is 0 Å². The zero-order chi connectivity index (χ0) is 12.0. The van der Waals surface area contributed by atoms with E-state index in [2.05, 4.69) is 12.2 Å². The Balaban J connectivity index is 2.22. The summed E-state index contributed by atoms with van der Waals surface area (Å²) < 4.78 is 5.29. The fourth-order valence-corrected chi connectivity index (χ4v) is 1.93. The van der Waals surface area contributed by atoms with E-state index in [1.807, 2.05) is 6.92 Å². The third kappa shape index (κ3) is 4.94. The van der Waals surface area contributed by atoms with E-state index >= 15 is 0 Å². The summed E-state index contributed by atoms with van der Waals surface area (Å²) in [6, 6.07) is 0.187. The molecule has 1 heterocycles. The van der Waals surface area contributed by atoms with E-state index in [0.29, 0.717) is 6.42 Å². The fourth-order valence-electron chi connectivity index (χ4n) is 1.93. The molecule has 0 spiro atoms. The van der Waals surface area contributed by atoms with Gasteiger partial charge in [0.25, 0.3) is 0 Å². The average Bonchev–Trinajstić information content (AvgIpc) is 2.17. The molecule has 1 aliphatic rings. The summed E-state index contributed by atoms with van der Waals surface area (Å²) in [6.45, 7) is 5.56. The van der Waals surface area contributed by atoms with E-state index in [0.717, 1.165) is 38.9 Å². The molecule has 0 saturated carbocycles. The first-order chi connectivity index (χ1) is 7.52. The van der Waals surface area contributed by atoms with Crippen LogP contribution in [0.5, 0.6) is 0 Å². The minimum Gasteiger partial charge on any atom is -0.381 e. The number of nitrogens with two attached hydrogens (primary N) is 1. The van der Waals surface area contributed by atoms with Crippen molar-refractivity contribution in [2.24, 2.45) is 5.73 Å². The van der Waals surface area contributed by atoms with Crippen molar-refractivity contribution in [3.05, 3.63) is 0 Å². The standard InChI is InChI=1S/C12H24N2O2/c1-10(13)4-3-5-11(15)14-12(2)6-8-16-9-7-12/h10H,3-9,13H2,1-2H3,(H,14,15). The summed E-state index contributed by atoms with van der Waals surface area (Å²) in [5, 5.41) is 3.11. The van der Waals surface area contributed by atoms with Crippen molar-refractivity contribution < 1.29 is 9.53 Å². The molecule has 0 aromatic carbocycles. The van der Waals surface area contributed by atoms with Gasteiger partial charge in [-0.3, -0.25) is 4.79 Å². The Hall–Kier alpha value is -0.610. The number of rotatable bonds is 5. The minimum absolute atomic E-state index is 0.0658. The molecule has 4 heteroatoms. The Labute approximate surface area is 97.9 Å². The maximum atomic E-state index is 11.7. The smallest absolute Gasteiger partial charge is 0.220 e. The van der Waals surface area contributed by atoms with Crippen molar-refractivity contribution in [3.63, 3.8) is 0 Å². The average molecular weight is 228 g/mol. The molecule has 0 aliphatic carbocycles. The number of nitrogens with one attached hydrogen (secondary N) is 1. The quantitative estimate of drug-likeness (QED) is 0.743. The van der Waals surface area contributed by atoms with Crippen molar-refractivity contribution in [2.75, 3.05) is 13.2 Å². The summed E-state index contributed by atoms with van der Waals surface area (Å²) in [5.74, 6) is 0.144. The lowest BCUT2D eigenvalue weighted by molar-refractivity contribution is -0.124. The number of hydrogen-bond donors (Lipinski definition) is 2. The van der Waals surface area contributed by atoms with E-state index in [-0.39, 0.29) is 17.5 Å². The second-order valence-electron chi connectivity index (χ2n) is 5.09. The fraction of sp³-hybridized carbons (Fsp3) is 0.917. The van der Waals surface area contributed by atoms with Crippen molar-refractivity contribution in [1.82, 2.24) is 5.32 Å². The maximum absolute atomic E-state index is 11.7. The number of ether oxygens (including phenoxy) is 1. The van der Waals surface area contributed by atoms with Crippen LogP contribution < -0.4 is 11.1 Å². The SMILES string of the molecule is CC(N)CCCC(=O)NC1(C)CCOCC1. The summed E-state index contributed by atoms with van der Waals surface area (Å²) in [5.41, 5.74) is 5.57. The molecular weight excluding hydrogens is 204 g/mol. The second-order valence-corrected chi connectivity index (χ2v) is 5.09. The van der Waals surface area contributed by atoms with Crippen LogP contribution in [0.4, 0.5) is 0 Å². The Morgan fingerprint density at radius 1 is 1.50 bits per heavy atom. The summed E-state index contributed by atoms with van der Waals surface area (Å²) in [6.07, 6.45) is 4.18. The largest absolute Gasteiger partial charge is 0.381 e. The highest BCUT2D eigenvalue weighted by Crippen LogP contribution is 2.19. The predicted molar refractivity (Wildman–Crippen MR) is 64.1 cm³/mol. The van der Waals surface area contributed by atoms with Gasteiger partial charge in [0, 0.05) is 31.2 Å². The molecule has 0 radical (unpaired) electrons. The van der Waals surface area contributed by atoms with Crippen LogP contribution in [0.15, 0.2) is 0 Å². The van der Waals surface area contributed by atoms with Crippen molar-refractivity contribution in [3.8, 4) is 0 Å². The monoisotopic (exact) mass is 228 g/mol. The highest BCUT2D eigenvalue weighted by Gasteiger charge is 2.28. The third-order valence-electron chi connectivity index (χ3n) is 3.10. The normalized spacial score (nSPS) is 21.4. The molecule has 0 aromatic heterocycles. The predicted octanol–water partition coefficient (Wildman–Crippen LogP) is 1.19. The van der Waals surface area contributed by atoms with Gasteiger partial charge in [0.2, 0.25) is 5.91 Å². The van der Waals surface area contributed by atoms with Gasteiger partial charge in [0.15, 0.2) is 0 Å². The third-order valence-corrected chi connectivity index (χ3v) is 3.10. The molecule has 4 nitrogen and oxygen atoms in total. The minimum atomic E-state index is -0.0658. The Morgan fingerprint density at radius 2 is 2.12 bits per heavy atom. The molecule has 16 heavy (non-hydrogen) atoms. The van der Waals surface area contributed by atoms with E-state index in [9.17, 15) is 4.79 Å². The zero-order valence-electron chi connectivity index (χ0n) is 10.4. The molecule has 0 bridgehead atoms. The van der Waals surface area contributed by atoms with Crippen molar-refractivity contribution in [1.29, 1.82) is 0 Å². The van der Waals surface area contributed by atoms with Gasteiger partial charge < -0.3 is 15.8 Å². The van der Waals surface area contributed by atoms with Crippen molar-refractivity contribution >= 4 is 5.91 Å². The lowest BCUT2D eigenvalue weighted by Gasteiger charge is -2.34. The van der Waals surface area contributed by atoms with Gasteiger partial charge in [0.1, 0.15) is 0 Å². The number of amides is 1. The Morgan fingerprint density at radius 3 is 2.69 bits per heavy atom. The molecule has 1 rings (SSSR count). The van der Waals surface area contributed by atoms with Crippen LogP contribution in [-0.2, 0) is 9.53 Å². The zero-order valence-corrected chi connectivity index (χ0v) is 10.4. The van der Waals surface area contributed by atoms with Crippen LogP contribution >= 0.6 is 0 Å². The van der Waals surface area contributed by atoms with Crippen LogP contribution in [0.25, 0.3) is 0 Å². The van der Waals surface area contributed by atoms with Crippen LogP contribution in [0.1, 0.15) is 46.0 Å². The lowest BCUT2D eigenvalue weighted by Crippen LogP contribution is -2.49. The second kappa shape index (κ2) is 6.21. The molecule has 94 valence electrons. The number of carbonyl (C=O) groups is 1. The molecule has 1 atom stereocenters. The van der Waals surface area contributed by atoms with Gasteiger partial charge in [-0.05, 0) is 39.5 Å². The summed E-state index contributed by atoms with van der Waals surface area (Å²) in [4.78, 5) is 11.7. The van der Waals surface area contributed by atoms with Crippen LogP contribution in [0, 0.1) is 0 Å². The molecule has 1 amide bonds. The lowest BCUT2D eigenvalue weighted by atomic mass is 9.92. The highest BCUT2D eigenvalue weighted by molar-refractivity contribution is 5.76. The van der Waals surface area contributed by atoms with Gasteiger partial charge in [0.05, 0.1) is 0 Å². The maximum Gasteiger partial charge on any atom is 0.220 e. The molecule has 1 aliphatic heterocycles. The molecular formula is C12H24N2O2. The van der Waals surface area contributed by atoms with Crippen LogP contribution in [0.3, 0.4) is 0 Å². The topological polar surface area (TPSA) is 64.4 Å². The van der Waals surface area contributed by atoms with Gasteiger partial charge in [-0.1, -0.05) is 0 Å². The van der Waals surface area contributed by atoms with E-state index in [1.54, 1.807) is 0 Å². The molecule has 3 N–H and O–H groups in total. The van der Waals surface area contributed by atoms with Crippen molar-refractivity contribution in [2.45, 2.75) is 57.5 Å². The first-order valence-corrected chi connectivity index (χ1v) is 6.16. The Bertz CT molecular complexity index is 223. The van der Waals surface area contributed by atoms with E-state index in [4.69, 9.17) is 10.5 Å². The molecule has 1 unspecified atom stereocenters. The van der Waals surface area contributed by atoms with Gasteiger partial charge >= 0.3 is 0 Å². The first kappa shape index (κ1) is 13.5. The first-order valence-electron chi connectivity index (χ1n) is 6.16. The van der Waals surface area contributed by atoms with Gasteiger partial charge in [-0.25, -0.2) is 0 Å². The summed E-state index contributed by atoms with van der Waals surface area (Å²) in [7, 11) is 0. The summed E-state index contributed by atoms with van der Waals surface area (Å²) >= 11 is 0. The van der Waals surface area contributed by atoms with E-state index in [1.165, 1.54) is 0 Å². The highest BCUT2D eigenvalue weighted by atomic mass is 16.5. The van der Waals surface area contributed by atoms with Crippen LogP contribution in [-0.4, -0.2) is 30.7 Å². The molecule has 1 saturated heterocycles. The van der Waals surface area contributed by atoms with Crippen LogP contribution in [0.2, 0.25) is 0 Å². The number of carbonyl (C=O) groups excluding carboxylic acids is 1. The molecule has 0 aromatic rings. The number of hydrogen-bond acceptors (Lipinski definition) is 3. The van der Waals surface area contributed by atoms with Gasteiger partial charge in [-0.2, -0.15) is 0 Å². The molecule has 1 fully saturated rings.